The molecule has 110 valence electrons. The number of thiophene rings is 1. The second-order valence-corrected chi connectivity index (χ2v) is 5.32. The van der Waals surface area contributed by atoms with Crippen LogP contribution in [0.15, 0.2) is 41.8 Å². The Bertz CT molecular complexity index is 597. The number of hydrogen-bond acceptors (Lipinski definition) is 4. The lowest BCUT2D eigenvalue weighted by Crippen LogP contribution is -2.43. The molecule has 1 aromatic heterocycles. The first-order valence-corrected chi connectivity index (χ1v) is 7.61. The molecule has 0 saturated heterocycles. The van der Waals surface area contributed by atoms with Gasteiger partial charge in [-0.3, -0.25) is 15.6 Å². The van der Waals surface area contributed by atoms with Crippen molar-refractivity contribution < 1.29 is 9.53 Å². The van der Waals surface area contributed by atoms with Crippen LogP contribution in [0.2, 0.25) is 0 Å². The van der Waals surface area contributed by atoms with Gasteiger partial charge in [0.15, 0.2) is 5.11 Å². The number of amides is 1. The van der Waals surface area contributed by atoms with Crippen LogP contribution in [-0.2, 0) is 0 Å². The Morgan fingerprint density at radius 2 is 2.00 bits per heavy atom. The van der Waals surface area contributed by atoms with Gasteiger partial charge in [-0.1, -0.05) is 6.07 Å². The molecule has 0 aliphatic rings. The second-order valence-electron chi connectivity index (χ2n) is 3.97. The lowest BCUT2D eigenvalue weighted by atomic mass is 10.3. The molecule has 0 aliphatic carbocycles. The van der Waals surface area contributed by atoms with Crippen LogP contribution in [-0.4, -0.2) is 17.6 Å². The first-order valence-electron chi connectivity index (χ1n) is 6.32. The van der Waals surface area contributed by atoms with Gasteiger partial charge in [-0.25, -0.2) is 0 Å². The van der Waals surface area contributed by atoms with E-state index in [4.69, 9.17) is 17.0 Å². The molecule has 7 heteroatoms. The lowest BCUT2D eigenvalue weighted by Gasteiger charge is -2.11. The highest BCUT2D eigenvalue weighted by Crippen LogP contribution is 2.15. The number of hydrogen-bond donors (Lipinski definition) is 3. The fraction of sp³-hybridized carbons (Fsp3) is 0.143. The molecule has 0 radical (unpaired) electrons. The average Bonchev–Trinajstić information content (AvgIpc) is 3.01. The van der Waals surface area contributed by atoms with Crippen LogP contribution in [0.4, 0.5) is 5.69 Å². The summed E-state index contributed by atoms with van der Waals surface area (Å²) in [4.78, 5) is 12.3. The monoisotopic (exact) mass is 321 g/mol. The number of carbonyl (C=O) groups excluding carboxylic acids is 1. The standard InChI is InChI=1S/C14H15N3O2S2/c1-2-19-11-7-5-10(6-8-11)15-14(20)17-16-13(18)12-4-3-9-21-12/h3-9H,2H2,1H3,(H,16,18)(H2,15,17,20). The molecule has 1 amide bonds. The van der Waals surface area contributed by atoms with Crippen molar-refractivity contribution in [3.63, 3.8) is 0 Å². The SMILES string of the molecule is CCOc1ccc(NC(=S)NNC(=O)c2cccs2)cc1. The first-order chi connectivity index (χ1) is 10.2. The zero-order valence-corrected chi connectivity index (χ0v) is 13.0. The Morgan fingerprint density at radius 3 is 2.62 bits per heavy atom. The molecule has 0 atom stereocenters. The molecule has 1 aromatic carbocycles. The van der Waals surface area contributed by atoms with Gasteiger partial charge in [-0.15, -0.1) is 11.3 Å². The fourth-order valence-electron chi connectivity index (χ4n) is 1.55. The highest BCUT2D eigenvalue weighted by atomic mass is 32.1. The molecule has 3 N–H and O–H groups in total. The van der Waals surface area contributed by atoms with Crippen LogP contribution in [0.3, 0.4) is 0 Å². The van der Waals surface area contributed by atoms with E-state index in [9.17, 15) is 4.79 Å². The summed E-state index contributed by atoms with van der Waals surface area (Å²) >= 11 is 6.47. The van der Waals surface area contributed by atoms with Gasteiger partial charge in [0, 0.05) is 5.69 Å². The Hall–Kier alpha value is -2.12. The van der Waals surface area contributed by atoms with Gasteiger partial charge in [0.05, 0.1) is 11.5 Å². The minimum absolute atomic E-state index is 0.221. The van der Waals surface area contributed by atoms with E-state index in [0.717, 1.165) is 11.4 Å². The quantitative estimate of drug-likeness (QED) is 0.597. The molecule has 0 bridgehead atoms. The third kappa shape index (κ3) is 4.73. The van der Waals surface area contributed by atoms with E-state index in [2.05, 4.69) is 16.2 Å². The molecule has 0 spiro atoms. The van der Waals surface area contributed by atoms with Crippen molar-refractivity contribution in [1.82, 2.24) is 10.9 Å². The van der Waals surface area contributed by atoms with Gasteiger partial charge in [0.25, 0.3) is 5.91 Å². The molecule has 5 nitrogen and oxygen atoms in total. The van der Waals surface area contributed by atoms with Crippen molar-refractivity contribution in [2.75, 3.05) is 11.9 Å². The predicted molar refractivity (Wildman–Crippen MR) is 88.8 cm³/mol. The van der Waals surface area contributed by atoms with E-state index in [1.54, 1.807) is 6.07 Å². The highest BCUT2D eigenvalue weighted by molar-refractivity contribution is 7.80. The minimum atomic E-state index is -0.221. The largest absolute Gasteiger partial charge is 0.494 e. The number of benzene rings is 1. The van der Waals surface area contributed by atoms with Crippen LogP contribution in [0.1, 0.15) is 16.6 Å². The molecule has 21 heavy (non-hydrogen) atoms. The second kappa shape index (κ2) is 7.61. The van der Waals surface area contributed by atoms with E-state index in [0.29, 0.717) is 16.6 Å². The predicted octanol–water partition coefficient (Wildman–Crippen LogP) is 2.78. The van der Waals surface area contributed by atoms with E-state index in [-0.39, 0.29) is 5.91 Å². The van der Waals surface area contributed by atoms with Crippen LogP contribution >= 0.6 is 23.6 Å². The van der Waals surface area contributed by atoms with Crippen molar-refractivity contribution in [2.45, 2.75) is 6.92 Å². The Morgan fingerprint density at radius 1 is 1.24 bits per heavy atom. The molecule has 0 unspecified atom stereocenters. The van der Waals surface area contributed by atoms with Crippen LogP contribution in [0.5, 0.6) is 5.75 Å². The van der Waals surface area contributed by atoms with E-state index in [1.165, 1.54) is 11.3 Å². The maximum Gasteiger partial charge on any atom is 0.279 e. The van der Waals surface area contributed by atoms with Gasteiger partial charge in [-0.05, 0) is 54.9 Å². The van der Waals surface area contributed by atoms with Gasteiger partial charge in [-0.2, -0.15) is 0 Å². The fourth-order valence-corrected chi connectivity index (χ4v) is 2.33. The summed E-state index contributed by atoms with van der Waals surface area (Å²) in [5.41, 5.74) is 5.99. The van der Waals surface area contributed by atoms with Gasteiger partial charge in [0.1, 0.15) is 5.75 Å². The van der Waals surface area contributed by atoms with Gasteiger partial charge in [0.2, 0.25) is 0 Å². The number of carbonyl (C=O) groups is 1. The highest BCUT2D eigenvalue weighted by Gasteiger charge is 2.06. The molecular weight excluding hydrogens is 306 g/mol. The van der Waals surface area contributed by atoms with Crippen molar-refractivity contribution in [1.29, 1.82) is 0 Å². The molecule has 2 aromatic rings. The first kappa shape index (κ1) is 15.3. The summed E-state index contributed by atoms with van der Waals surface area (Å²) in [5, 5.41) is 5.11. The average molecular weight is 321 g/mol. The lowest BCUT2D eigenvalue weighted by molar-refractivity contribution is 0.0948. The summed E-state index contributed by atoms with van der Waals surface area (Å²) in [7, 11) is 0. The molecule has 0 aliphatic heterocycles. The summed E-state index contributed by atoms with van der Waals surface area (Å²) in [6, 6.07) is 10.9. The summed E-state index contributed by atoms with van der Waals surface area (Å²) < 4.78 is 5.35. The van der Waals surface area contributed by atoms with Crippen LogP contribution < -0.4 is 20.9 Å². The van der Waals surface area contributed by atoms with Crippen LogP contribution in [0.25, 0.3) is 0 Å². The van der Waals surface area contributed by atoms with Crippen molar-refractivity contribution in [2.24, 2.45) is 0 Å². The normalized spacial score (nSPS) is 9.76. The van der Waals surface area contributed by atoms with E-state index in [1.807, 2.05) is 42.6 Å². The zero-order valence-electron chi connectivity index (χ0n) is 11.4. The Kier molecular flexibility index (Phi) is 5.53. The Labute approximate surface area is 132 Å². The van der Waals surface area contributed by atoms with Gasteiger partial charge < -0.3 is 10.1 Å². The number of thiocarbonyl (C=S) groups is 1. The summed E-state index contributed by atoms with van der Waals surface area (Å²) in [6.45, 7) is 2.56. The summed E-state index contributed by atoms with van der Waals surface area (Å²) in [6.07, 6.45) is 0. The topological polar surface area (TPSA) is 62.4 Å². The molecular formula is C14H15N3O2S2. The number of nitrogens with one attached hydrogen (secondary N) is 3. The van der Waals surface area contributed by atoms with Crippen molar-refractivity contribution in [3.8, 4) is 5.75 Å². The van der Waals surface area contributed by atoms with E-state index < -0.39 is 0 Å². The van der Waals surface area contributed by atoms with Crippen LogP contribution in [0, 0.1) is 0 Å². The third-order valence-electron chi connectivity index (χ3n) is 2.46. The number of hydrazine groups is 1. The molecule has 1 heterocycles. The molecule has 0 fully saturated rings. The molecule has 0 saturated carbocycles. The maximum absolute atomic E-state index is 11.7. The summed E-state index contributed by atoms with van der Waals surface area (Å²) in [5.74, 6) is 0.578. The van der Waals surface area contributed by atoms with E-state index >= 15 is 0 Å². The Balaban J connectivity index is 1.80. The number of anilines is 1. The van der Waals surface area contributed by atoms with Gasteiger partial charge >= 0.3 is 0 Å². The maximum atomic E-state index is 11.7. The minimum Gasteiger partial charge on any atom is -0.494 e. The zero-order chi connectivity index (χ0) is 15.1. The smallest absolute Gasteiger partial charge is 0.279 e. The van der Waals surface area contributed by atoms with Crippen molar-refractivity contribution in [3.05, 3.63) is 46.7 Å². The van der Waals surface area contributed by atoms with Crippen molar-refractivity contribution >= 4 is 40.3 Å². The number of ether oxygens (including phenoxy) is 1. The number of rotatable bonds is 4. The molecule has 2 rings (SSSR count). The third-order valence-corrected chi connectivity index (χ3v) is 3.53.